The standard InChI is InChI=1S/C19H14F4N4O2/c1-18(29,10-27-9-12-6-13(20)3-5-16(12)26-27)17(28)25-14-4-2-11(8-24)15(7-14)19(21,22)23/h2-7,9,29H,10H2,1H3,(H,25,28)/t18-/m0/s1. The van der Waals surface area contributed by atoms with Gasteiger partial charge in [-0.15, -0.1) is 0 Å². The number of fused-ring (bicyclic) bond motifs is 1. The van der Waals surface area contributed by atoms with Gasteiger partial charge in [-0.25, -0.2) is 4.39 Å². The highest BCUT2D eigenvalue weighted by Crippen LogP contribution is 2.33. The molecule has 150 valence electrons. The number of amides is 1. The Kier molecular flexibility index (Phi) is 5.02. The smallest absolute Gasteiger partial charge is 0.378 e. The molecule has 1 aromatic heterocycles. The zero-order chi connectivity index (χ0) is 21.4. The number of nitrogens with zero attached hydrogens (tertiary/aromatic N) is 3. The summed E-state index contributed by atoms with van der Waals surface area (Å²) >= 11 is 0. The summed E-state index contributed by atoms with van der Waals surface area (Å²) in [6, 6.07) is 8.02. The molecule has 0 saturated carbocycles. The summed E-state index contributed by atoms with van der Waals surface area (Å²) < 4.78 is 53.7. The van der Waals surface area contributed by atoms with E-state index in [1.807, 2.05) is 0 Å². The Morgan fingerprint density at radius 1 is 1.28 bits per heavy atom. The summed E-state index contributed by atoms with van der Waals surface area (Å²) in [5.74, 6) is -1.44. The number of alkyl halides is 3. The van der Waals surface area contributed by atoms with Gasteiger partial charge in [0.15, 0.2) is 5.60 Å². The molecular weight excluding hydrogens is 392 g/mol. The molecule has 29 heavy (non-hydrogen) atoms. The number of halogens is 4. The van der Waals surface area contributed by atoms with E-state index in [2.05, 4.69) is 10.4 Å². The molecule has 2 N–H and O–H groups in total. The number of hydrogen-bond acceptors (Lipinski definition) is 4. The molecule has 0 radical (unpaired) electrons. The molecule has 1 atom stereocenters. The first-order valence-electron chi connectivity index (χ1n) is 8.27. The molecule has 0 aliphatic heterocycles. The van der Waals surface area contributed by atoms with Crippen LogP contribution in [0.15, 0.2) is 42.6 Å². The molecular formula is C19H14F4N4O2. The molecule has 1 amide bonds. The lowest BCUT2D eigenvalue weighted by Gasteiger charge is -2.22. The van der Waals surface area contributed by atoms with Gasteiger partial charge in [0.1, 0.15) is 5.82 Å². The number of hydrogen-bond donors (Lipinski definition) is 2. The second-order valence-electron chi connectivity index (χ2n) is 6.63. The first kappa shape index (κ1) is 20.3. The van der Waals surface area contributed by atoms with E-state index in [-0.39, 0.29) is 12.2 Å². The summed E-state index contributed by atoms with van der Waals surface area (Å²) in [5.41, 5.74) is -3.60. The van der Waals surface area contributed by atoms with Crippen LogP contribution in [0, 0.1) is 17.1 Å². The third-order valence-electron chi connectivity index (χ3n) is 4.18. The maximum absolute atomic E-state index is 13.3. The van der Waals surface area contributed by atoms with Gasteiger partial charge in [0, 0.05) is 17.3 Å². The average Bonchev–Trinajstić information content (AvgIpc) is 3.01. The Balaban J connectivity index is 1.81. The van der Waals surface area contributed by atoms with Crippen LogP contribution in [-0.2, 0) is 17.5 Å². The van der Waals surface area contributed by atoms with Gasteiger partial charge in [0.05, 0.1) is 29.3 Å². The molecule has 0 spiro atoms. The number of rotatable bonds is 4. The van der Waals surface area contributed by atoms with Crippen molar-refractivity contribution in [2.24, 2.45) is 0 Å². The predicted octanol–water partition coefficient (Wildman–Crippen LogP) is 3.46. The van der Waals surface area contributed by atoms with Gasteiger partial charge < -0.3 is 10.4 Å². The fourth-order valence-electron chi connectivity index (χ4n) is 2.74. The van der Waals surface area contributed by atoms with E-state index < -0.39 is 34.6 Å². The van der Waals surface area contributed by atoms with Crippen LogP contribution in [0.4, 0.5) is 23.2 Å². The molecule has 6 nitrogen and oxygen atoms in total. The lowest BCUT2D eigenvalue weighted by atomic mass is 10.0. The summed E-state index contributed by atoms with van der Waals surface area (Å²) in [5, 5.41) is 26.1. The summed E-state index contributed by atoms with van der Waals surface area (Å²) in [4.78, 5) is 12.4. The van der Waals surface area contributed by atoms with Crippen molar-refractivity contribution in [1.82, 2.24) is 9.78 Å². The second kappa shape index (κ2) is 7.18. The van der Waals surface area contributed by atoms with Crippen LogP contribution >= 0.6 is 0 Å². The van der Waals surface area contributed by atoms with Gasteiger partial charge in [-0.3, -0.25) is 9.48 Å². The zero-order valence-electron chi connectivity index (χ0n) is 15.0. The molecule has 3 rings (SSSR count). The van der Waals surface area contributed by atoms with Crippen molar-refractivity contribution in [2.45, 2.75) is 25.2 Å². The summed E-state index contributed by atoms with van der Waals surface area (Å²) in [7, 11) is 0. The highest BCUT2D eigenvalue weighted by molar-refractivity contribution is 5.97. The first-order chi connectivity index (χ1) is 13.5. The minimum atomic E-state index is -4.78. The van der Waals surface area contributed by atoms with Crippen molar-refractivity contribution < 1.29 is 27.5 Å². The van der Waals surface area contributed by atoms with Gasteiger partial charge in [-0.1, -0.05) is 0 Å². The predicted molar refractivity (Wildman–Crippen MR) is 95.1 cm³/mol. The fraction of sp³-hybridized carbons (Fsp3) is 0.211. The molecule has 0 aliphatic carbocycles. The summed E-state index contributed by atoms with van der Waals surface area (Å²) in [6.07, 6.45) is -3.34. The first-order valence-corrected chi connectivity index (χ1v) is 8.27. The molecule has 0 fully saturated rings. The van der Waals surface area contributed by atoms with Gasteiger partial charge >= 0.3 is 6.18 Å². The van der Waals surface area contributed by atoms with Crippen LogP contribution in [0.25, 0.3) is 10.9 Å². The number of aromatic nitrogens is 2. The third-order valence-corrected chi connectivity index (χ3v) is 4.18. The Labute approximate surface area is 162 Å². The van der Waals surface area contributed by atoms with E-state index in [1.54, 1.807) is 0 Å². The number of benzene rings is 2. The van der Waals surface area contributed by atoms with Crippen molar-refractivity contribution in [3.8, 4) is 6.07 Å². The number of nitriles is 1. The van der Waals surface area contributed by atoms with E-state index in [9.17, 15) is 27.5 Å². The number of anilines is 1. The highest BCUT2D eigenvalue weighted by atomic mass is 19.4. The van der Waals surface area contributed by atoms with E-state index >= 15 is 0 Å². The topological polar surface area (TPSA) is 90.9 Å². The molecule has 0 aliphatic rings. The lowest BCUT2D eigenvalue weighted by Crippen LogP contribution is -2.43. The van der Waals surface area contributed by atoms with Crippen molar-refractivity contribution in [3.05, 3.63) is 59.5 Å². The quantitative estimate of drug-likeness (QED) is 0.650. The Morgan fingerprint density at radius 3 is 2.66 bits per heavy atom. The van der Waals surface area contributed by atoms with Crippen LogP contribution in [0.3, 0.4) is 0 Å². The van der Waals surface area contributed by atoms with Crippen LogP contribution in [0.2, 0.25) is 0 Å². The van der Waals surface area contributed by atoms with Gasteiger partial charge in [-0.05, 0) is 43.3 Å². The fourth-order valence-corrected chi connectivity index (χ4v) is 2.74. The van der Waals surface area contributed by atoms with Gasteiger partial charge in [-0.2, -0.15) is 23.5 Å². The van der Waals surface area contributed by atoms with Crippen molar-refractivity contribution in [2.75, 3.05) is 5.32 Å². The lowest BCUT2D eigenvalue weighted by molar-refractivity contribution is -0.138. The monoisotopic (exact) mass is 406 g/mol. The van der Waals surface area contributed by atoms with Crippen LogP contribution in [0.5, 0.6) is 0 Å². The molecule has 2 aromatic carbocycles. The van der Waals surface area contributed by atoms with E-state index in [1.165, 1.54) is 42.1 Å². The molecule has 0 saturated heterocycles. The van der Waals surface area contributed by atoms with Crippen molar-refractivity contribution in [3.63, 3.8) is 0 Å². The van der Waals surface area contributed by atoms with E-state index in [4.69, 9.17) is 5.26 Å². The molecule has 0 bridgehead atoms. The summed E-state index contributed by atoms with van der Waals surface area (Å²) in [6.45, 7) is 0.848. The molecule has 3 aromatic rings. The van der Waals surface area contributed by atoms with Crippen LogP contribution < -0.4 is 5.32 Å². The minimum absolute atomic E-state index is 0.228. The average molecular weight is 406 g/mol. The van der Waals surface area contributed by atoms with E-state index in [0.29, 0.717) is 17.0 Å². The molecule has 1 heterocycles. The van der Waals surface area contributed by atoms with Crippen LogP contribution in [-0.4, -0.2) is 26.4 Å². The normalized spacial score (nSPS) is 13.7. The Hall–Kier alpha value is -3.45. The number of carbonyl (C=O) groups is 1. The van der Waals surface area contributed by atoms with Gasteiger partial charge in [0.2, 0.25) is 0 Å². The number of nitrogens with one attached hydrogen (secondary N) is 1. The third kappa shape index (κ3) is 4.35. The zero-order valence-corrected chi connectivity index (χ0v) is 15.0. The largest absolute Gasteiger partial charge is 0.417 e. The van der Waals surface area contributed by atoms with Crippen molar-refractivity contribution in [1.29, 1.82) is 5.26 Å². The van der Waals surface area contributed by atoms with Crippen LogP contribution in [0.1, 0.15) is 18.1 Å². The molecule has 10 heteroatoms. The van der Waals surface area contributed by atoms with Gasteiger partial charge in [0.25, 0.3) is 5.91 Å². The Morgan fingerprint density at radius 2 is 2.00 bits per heavy atom. The number of carbonyl (C=O) groups excluding carboxylic acids is 1. The number of aliphatic hydroxyl groups is 1. The maximum Gasteiger partial charge on any atom is 0.417 e. The van der Waals surface area contributed by atoms with Crippen molar-refractivity contribution >= 4 is 22.5 Å². The maximum atomic E-state index is 13.3. The second-order valence-corrected chi connectivity index (χ2v) is 6.63. The Bertz CT molecular complexity index is 1130. The SMILES string of the molecule is C[C@](O)(Cn1cc2cc(F)ccc2n1)C(=O)Nc1ccc(C#N)c(C(F)(F)F)c1. The molecule has 0 unspecified atom stereocenters. The van der Waals surface area contributed by atoms with E-state index in [0.717, 1.165) is 12.1 Å². The minimum Gasteiger partial charge on any atom is -0.378 e. The highest BCUT2D eigenvalue weighted by Gasteiger charge is 2.35.